The molecule has 0 aliphatic rings. The zero-order valence-corrected chi connectivity index (χ0v) is 14.9. The maximum absolute atomic E-state index is 2.36. The van der Waals surface area contributed by atoms with Crippen LogP contribution in [0.3, 0.4) is 0 Å². The van der Waals surface area contributed by atoms with Crippen molar-refractivity contribution >= 4 is 0 Å². The number of benzene rings is 2. The molecule has 22 heavy (non-hydrogen) atoms. The lowest BCUT2D eigenvalue weighted by Crippen LogP contribution is -2.05. The summed E-state index contributed by atoms with van der Waals surface area (Å²) in [5, 5.41) is 0. The fourth-order valence-corrected chi connectivity index (χ4v) is 3.59. The monoisotopic (exact) mass is 294 g/mol. The molecule has 118 valence electrons. The van der Waals surface area contributed by atoms with Crippen molar-refractivity contribution in [2.75, 3.05) is 0 Å². The van der Waals surface area contributed by atoms with Crippen molar-refractivity contribution < 1.29 is 0 Å². The van der Waals surface area contributed by atoms with Gasteiger partial charge in [0.15, 0.2) is 0 Å². The summed E-state index contributed by atoms with van der Waals surface area (Å²) in [6, 6.07) is 13.7. The van der Waals surface area contributed by atoms with Gasteiger partial charge in [0.05, 0.1) is 0 Å². The van der Waals surface area contributed by atoms with Gasteiger partial charge >= 0.3 is 0 Å². The van der Waals surface area contributed by atoms with Crippen molar-refractivity contribution in [3.05, 3.63) is 69.8 Å². The highest BCUT2D eigenvalue weighted by Gasteiger charge is 2.15. The largest absolute Gasteiger partial charge is 0.0651 e. The number of hydrogen-bond donors (Lipinski definition) is 0. The van der Waals surface area contributed by atoms with Gasteiger partial charge in [0.2, 0.25) is 0 Å². The molecule has 0 aliphatic carbocycles. The second-order valence-corrected chi connectivity index (χ2v) is 6.48. The third kappa shape index (κ3) is 3.43. The summed E-state index contributed by atoms with van der Waals surface area (Å²) in [6.07, 6.45) is 4.79. The minimum Gasteiger partial charge on any atom is -0.0651 e. The molecular weight excluding hydrogens is 264 g/mol. The van der Waals surface area contributed by atoms with Crippen LogP contribution in [-0.4, -0.2) is 0 Å². The molecule has 0 unspecified atom stereocenters. The fourth-order valence-electron chi connectivity index (χ4n) is 3.59. The molecule has 0 amide bonds. The first-order valence-electron chi connectivity index (χ1n) is 8.76. The first-order chi connectivity index (χ1) is 10.6. The molecule has 0 spiro atoms. The van der Waals surface area contributed by atoms with Gasteiger partial charge in [-0.2, -0.15) is 0 Å². The Labute approximate surface area is 136 Å². The molecule has 2 rings (SSSR count). The molecule has 0 heteroatoms. The van der Waals surface area contributed by atoms with Crippen molar-refractivity contribution in [1.29, 1.82) is 0 Å². The highest BCUT2D eigenvalue weighted by atomic mass is 14.2. The van der Waals surface area contributed by atoms with Gasteiger partial charge < -0.3 is 0 Å². The van der Waals surface area contributed by atoms with E-state index in [4.69, 9.17) is 0 Å². The van der Waals surface area contributed by atoms with E-state index < -0.39 is 0 Å². The van der Waals surface area contributed by atoms with E-state index >= 15 is 0 Å². The summed E-state index contributed by atoms with van der Waals surface area (Å²) in [4.78, 5) is 0. The Morgan fingerprint density at radius 3 is 1.50 bits per heavy atom. The maximum atomic E-state index is 2.36. The molecule has 0 N–H and O–H groups in total. The van der Waals surface area contributed by atoms with Gasteiger partial charge in [-0.3, -0.25) is 0 Å². The average Bonchev–Trinajstić information content (AvgIpc) is 2.51. The van der Waals surface area contributed by atoms with Gasteiger partial charge in [0.1, 0.15) is 0 Å². The van der Waals surface area contributed by atoms with E-state index in [2.05, 4.69) is 71.0 Å². The Bertz CT molecular complexity index is 566. The van der Waals surface area contributed by atoms with E-state index in [1.54, 1.807) is 0 Å². The van der Waals surface area contributed by atoms with Crippen LogP contribution < -0.4 is 0 Å². The number of aryl methyl sites for hydroxylation is 2. The van der Waals surface area contributed by atoms with Crippen molar-refractivity contribution in [3.63, 3.8) is 0 Å². The van der Waals surface area contributed by atoms with Crippen LogP contribution in [0.5, 0.6) is 0 Å². The lowest BCUT2D eigenvalue weighted by atomic mass is 9.84. The van der Waals surface area contributed by atoms with Crippen molar-refractivity contribution in [1.82, 2.24) is 0 Å². The Balaban J connectivity index is 2.42. The Morgan fingerprint density at radius 2 is 1.14 bits per heavy atom. The quantitative estimate of drug-likeness (QED) is 0.581. The van der Waals surface area contributed by atoms with Crippen LogP contribution in [0.4, 0.5) is 0 Å². The van der Waals surface area contributed by atoms with E-state index in [1.165, 1.54) is 59.1 Å². The van der Waals surface area contributed by atoms with Gasteiger partial charge in [-0.25, -0.2) is 0 Å². The zero-order valence-electron chi connectivity index (χ0n) is 14.9. The summed E-state index contributed by atoms with van der Waals surface area (Å²) in [7, 11) is 0. The minimum atomic E-state index is 0.466. The first kappa shape index (κ1) is 16.8. The normalized spacial score (nSPS) is 11.2. The SMILES string of the molecule is CCCc1cccc(C(C)c2cccc(CCC)c2C)c1C. The molecule has 0 atom stereocenters. The standard InChI is InChI=1S/C22H30/c1-6-10-19-12-8-14-21(16(19)3)18(5)22-15-9-13-20(11-7-2)17(22)4/h8-9,12-15,18H,6-7,10-11H2,1-5H3. The molecule has 2 aromatic rings. The van der Waals surface area contributed by atoms with Crippen LogP contribution in [0.25, 0.3) is 0 Å². The average molecular weight is 294 g/mol. The molecular formula is C22H30. The predicted octanol–water partition coefficient (Wildman–Crippen LogP) is 6.36. The van der Waals surface area contributed by atoms with Crippen LogP contribution in [0.1, 0.15) is 72.9 Å². The van der Waals surface area contributed by atoms with E-state index in [9.17, 15) is 0 Å². The van der Waals surface area contributed by atoms with Crippen molar-refractivity contribution in [3.8, 4) is 0 Å². The molecule has 0 heterocycles. The lowest BCUT2D eigenvalue weighted by molar-refractivity contribution is 0.854. The van der Waals surface area contributed by atoms with Crippen LogP contribution in [0.15, 0.2) is 36.4 Å². The van der Waals surface area contributed by atoms with Crippen LogP contribution in [0.2, 0.25) is 0 Å². The highest BCUT2D eigenvalue weighted by Crippen LogP contribution is 2.32. The van der Waals surface area contributed by atoms with Crippen LogP contribution >= 0.6 is 0 Å². The second-order valence-electron chi connectivity index (χ2n) is 6.48. The molecule has 0 aromatic heterocycles. The fraction of sp³-hybridized carbons (Fsp3) is 0.455. The smallest absolute Gasteiger partial charge is 0.00664 e. The van der Waals surface area contributed by atoms with Crippen molar-refractivity contribution in [2.45, 2.75) is 66.2 Å². The van der Waals surface area contributed by atoms with Gasteiger partial charge in [-0.05, 0) is 60.1 Å². The van der Waals surface area contributed by atoms with E-state index in [1.807, 2.05) is 0 Å². The lowest BCUT2D eigenvalue weighted by Gasteiger charge is -2.21. The van der Waals surface area contributed by atoms with Gasteiger partial charge in [0.25, 0.3) is 0 Å². The Hall–Kier alpha value is -1.56. The van der Waals surface area contributed by atoms with E-state index in [0.29, 0.717) is 5.92 Å². The molecule has 0 radical (unpaired) electrons. The zero-order chi connectivity index (χ0) is 16.1. The summed E-state index contributed by atoms with van der Waals surface area (Å²) >= 11 is 0. The summed E-state index contributed by atoms with van der Waals surface area (Å²) < 4.78 is 0. The number of hydrogen-bond acceptors (Lipinski definition) is 0. The van der Waals surface area contributed by atoms with Gasteiger partial charge in [-0.1, -0.05) is 70.0 Å². The maximum Gasteiger partial charge on any atom is 0.00664 e. The molecule has 2 aromatic carbocycles. The van der Waals surface area contributed by atoms with Crippen LogP contribution in [0, 0.1) is 13.8 Å². The van der Waals surface area contributed by atoms with Crippen molar-refractivity contribution in [2.24, 2.45) is 0 Å². The summed E-state index contributed by atoms with van der Waals surface area (Å²) in [5.74, 6) is 0.466. The Kier molecular flexibility index (Phi) is 5.83. The third-order valence-corrected chi connectivity index (χ3v) is 4.95. The molecule has 0 nitrogen and oxygen atoms in total. The second kappa shape index (κ2) is 7.63. The van der Waals surface area contributed by atoms with E-state index in [-0.39, 0.29) is 0 Å². The summed E-state index contributed by atoms with van der Waals surface area (Å²) in [6.45, 7) is 11.5. The van der Waals surface area contributed by atoms with Gasteiger partial charge in [0, 0.05) is 5.92 Å². The van der Waals surface area contributed by atoms with Crippen LogP contribution in [-0.2, 0) is 12.8 Å². The topological polar surface area (TPSA) is 0 Å². The first-order valence-corrected chi connectivity index (χ1v) is 8.76. The third-order valence-electron chi connectivity index (χ3n) is 4.95. The molecule has 0 saturated carbocycles. The molecule has 0 bridgehead atoms. The molecule has 0 saturated heterocycles. The predicted molar refractivity (Wildman–Crippen MR) is 97.9 cm³/mol. The molecule has 0 aliphatic heterocycles. The van der Waals surface area contributed by atoms with Gasteiger partial charge in [-0.15, -0.1) is 0 Å². The minimum absolute atomic E-state index is 0.466. The molecule has 0 fully saturated rings. The highest BCUT2D eigenvalue weighted by molar-refractivity contribution is 5.45. The Morgan fingerprint density at radius 1 is 0.727 bits per heavy atom. The summed E-state index contributed by atoms with van der Waals surface area (Å²) in [5.41, 5.74) is 8.96. The van der Waals surface area contributed by atoms with E-state index in [0.717, 1.165) is 0 Å². The number of rotatable bonds is 6.